The molecule has 0 saturated carbocycles. The standard InChI is InChI=1S/C22H23F6N7O2S/c1-21(24,25)13-6-8-29-15(9-13)10-30-19(37)20-33-32-18(38-20)5-4-14(23)11-35-12-16(31-34-35)17(36)3-2-7-22(26,27)28/h6,8-9,12,14H,2-5,7,10-11H2,1H3,(H,30,37). The van der Waals surface area contributed by atoms with Crippen molar-refractivity contribution >= 4 is 23.0 Å². The molecule has 0 radical (unpaired) electrons. The molecule has 0 aliphatic carbocycles. The van der Waals surface area contributed by atoms with Crippen LogP contribution in [0.2, 0.25) is 0 Å². The SMILES string of the molecule is CC(F)(F)c1ccnc(CNC(=O)c2nnc(CCC(F)Cn3cc(C(=O)CCCC(F)(F)F)nn3)s2)c1. The number of rotatable bonds is 13. The summed E-state index contributed by atoms with van der Waals surface area (Å²) < 4.78 is 79.0. The number of Topliss-reactive ketones (excluding diaryl/α,β-unsaturated/α-hetero) is 1. The van der Waals surface area contributed by atoms with E-state index in [0.717, 1.165) is 22.9 Å². The van der Waals surface area contributed by atoms with E-state index in [-0.39, 0.29) is 60.7 Å². The number of ketones is 1. The first-order chi connectivity index (χ1) is 17.8. The summed E-state index contributed by atoms with van der Waals surface area (Å²) in [6, 6.07) is 2.37. The van der Waals surface area contributed by atoms with Crippen molar-refractivity contribution in [2.75, 3.05) is 0 Å². The number of carbonyl (C=O) groups is 2. The number of pyridine rings is 1. The van der Waals surface area contributed by atoms with E-state index in [9.17, 15) is 35.9 Å². The number of nitrogens with one attached hydrogen (secondary N) is 1. The van der Waals surface area contributed by atoms with Crippen molar-refractivity contribution < 1.29 is 35.9 Å². The van der Waals surface area contributed by atoms with Crippen LogP contribution in [0.5, 0.6) is 0 Å². The van der Waals surface area contributed by atoms with Crippen molar-refractivity contribution in [1.29, 1.82) is 0 Å². The molecule has 0 spiro atoms. The van der Waals surface area contributed by atoms with Crippen LogP contribution >= 0.6 is 11.3 Å². The Bertz CT molecular complexity index is 1240. The average molecular weight is 564 g/mol. The molecule has 1 amide bonds. The number of alkyl halides is 6. The number of hydrogen-bond acceptors (Lipinski definition) is 8. The Kier molecular flexibility index (Phi) is 9.51. The molecule has 38 heavy (non-hydrogen) atoms. The zero-order valence-electron chi connectivity index (χ0n) is 20.0. The van der Waals surface area contributed by atoms with Gasteiger partial charge in [0.1, 0.15) is 16.9 Å². The number of carbonyl (C=O) groups excluding carboxylic acids is 2. The fourth-order valence-corrected chi connectivity index (χ4v) is 3.98. The normalized spacial score (nSPS) is 12.9. The van der Waals surface area contributed by atoms with E-state index in [1.807, 2.05) is 0 Å². The first-order valence-corrected chi connectivity index (χ1v) is 12.2. The van der Waals surface area contributed by atoms with Gasteiger partial charge in [0, 0.05) is 37.9 Å². The van der Waals surface area contributed by atoms with Gasteiger partial charge in [0.05, 0.1) is 25.0 Å². The van der Waals surface area contributed by atoms with Gasteiger partial charge in [0.15, 0.2) is 5.78 Å². The second kappa shape index (κ2) is 12.4. The Balaban J connectivity index is 1.43. The summed E-state index contributed by atoms with van der Waals surface area (Å²) in [5.41, 5.74) is -0.128. The molecule has 3 rings (SSSR count). The number of aryl methyl sites for hydroxylation is 1. The second-order valence-corrected chi connectivity index (χ2v) is 9.52. The Hall–Kier alpha value is -3.43. The van der Waals surface area contributed by atoms with Crippen LogP contribution < -0.4 is 5.32 Å². The predicted octanol–water partition coefficient (Wildman–Crippen LogP) is 4.45. The molecule has 1 unspecified atom stereocenters. The average Bonchev–Trinajstić information content (AvgIpc) is 3.50. The van der Waals surface area contributed by atoms with E-state index in [4.69, 9.17) is 0 Å². The molecule has 0 bridgehead atoms. The fourth-order valence-electron chi connectivity index (χ4n) is 3.21. The van der Waals surface area contributed by atoms with E-state index >= 15 is 0 Å². The molecule has 0 aromatic carbocycles. The summed E-state index contributed by atoms with van der Waals surface area (Å²) in [5, 5.41) is 17.8. The molecule has 3 aromatic rings. The van der Waals surface area contributed by atoms with Gasteiger partial charge in [0.2, 0.25) is 5.01 Å². The van der Waals surface area contributed by atoms with Gasteiger partial charge in [-0.1, -0.05) is 16.6 Å². The number of hydrogen-bond donors (Lipinski definition) is 1. The molecule has 0 aliphatic rings. The minimum absolute atomic E-state index is 0.00703. The third kappa shape index (κ3) is 9.15. The fraction of sp³-hybridized carbons (Fsp3) is 0.500. The zero-order valence-corrected chi connectivity index (χ0v) is 20.8. The number of nitrogens with zero attached hydrogens (tertiary/aromatic N) is 6. The highest BCUT2D eigenvalue weighted by atomic mass is 32.1. The summed E-state index contributed by atoms with van der Waals surface area (Å²) in [5.74, 6) is -4.24. The first-order valence-electron chi connectivity index (χ1n) is 11.4. The van der Waals surface area contributed by atoms with Crippen LogP contribution in [0.3, 0.4) is 0 Å². The van der Waals surface area contributed by atoms with Crippen LogP contribution in [0.25, 0.3) is 0 Å². The lowest BCUT2D eigenvalue weighted by molar-refractivity contribution is -0.135. The van der Waals surface area contributed by atoms with Crippen molar-refractivity contribution in [2.45, 2.75) is 70.4 Å². The predicted molar refractivity (Wildman–Crippen MR) is 122 cm³/mol. The van der Waals surface area contributed by atoms with E-state index in [0.29, 0.717) is 5.01 Å². The summed E-state index contributed by atoms with van der Waals surface area (Å²) in [7, 11) is 0. The Morgan fingerprint density at radius 3 is 2.63 bits per heavy atom. The molecule has 9 nitrogen and oxygen atoms in total. The van der Waals surface area contributed by atoms with Crippen LogP contribution in [0.15, 0.2) is 24.5 Å². The highest BCUT2D eigenvalue weighted by Crippen LogP contribution is 2.26. The van der Waals surface area contributed by atoms with Gasteiger partial charge in [-0.15, -0.1) is 15.3 Å². The van der Waals surface area contributed by atoms with E-state index < -0.39 is 36.4 Å². The number of amides is 1. The highest BCUT2D eigenvalue weighted by molar-refractivity contribution is 7.13. The summed E-state index contributed by atoms with van der Waals surface area (Å²) >= 11 is 0.948. The van der Waals surface area contributed by atoms with Gasteiger partial charge in [-0.05, 0) is 25.0 Å². The zero-order chi connectivity index (χ0) is 27.9. The van der Waals surface area contributed by atoms with Crippen LogP contribution in [0.4, 0.5) is 26.3 Å². The van der Waals surface area contributed by atoms with Crippen molar-refractivity contribution in [2.24, 2.45) is 0 Å². The van der Waals surface area contributed by atoms with Crippen LogP contribution in [-0.2, 0) is 25.4 Å². The minimum atomic E-state index is -4.35. The van der Waals surface area contributed by atoms with E-state index in [2.05, 4.69) is 30.8 Å². The second-order valence-electron chi connectivity index (χ2n) is 8.46. The van der Waals surface area contributed by atoms with Gasteiger partial charge < -0.3 is 5.32 Å². The van der Waals surface area contributed by atoms with E-state index in [1.165, 1.54) is 24.5 Å². The Morgan fingerprint density at radius 1 is 1.16 bits per heavy atom. The third-order valence-corrected chi connectivity index (χ3v) is 6.14. The maximum absolute atomic E-state index is 14.4. The first kappa shape index (κ1) is 29.1. The van der Waals surface area contributed by atoms with Gasteiger partial charge >= 0.3 is 6.18 Å². The lowest BCUT2D eigenvalue weighted by atomic mass is 10.1. The number of halogens is 6. The minimum Gasteiger partial charge on any atom is -0.344 e. The molecule has 1 atom stereocenters. The van der Waals surface area contributed by atoms with E-state index in [1.54, 1.807) is 0 Å². The summed E-state index contributed by atoms with van der Waals surface area (Å²) in [6.45, 7) is 0.416. The molecular weight excluding hydrogens is 540 g/mol. The van der Waals surface area contributed by atoms with Crippen molar-refractivity contribution in [3.63, 3.8) is 0 Å². The quantitative estimate of drug-likeness (QED) is 0.241. The Labute approximate surface area is 216 Å². The molecule has 0 saturated heterocycles. The maximum Gasteiger partial charge on any atom is 0.389 e. The molecule has 3 heterocycles. The van der Waals surface area contributed by atoms with Gasteiger partial charge in [0.25, 0.3) is 11.8 Å². The summed E-state index contributed by atoms with van der Waals surface area (Å²) in [6.07, 6.45) is -5.01. The molecule has 206 valence electrons. The maximum atomic E-state index is 14.4. The molecule has 3 aromatic heterocycles. The van der Waals surface area contributed by atoms with Crippen LogP contribution in [0.1, 0.15) is 69.2 Å². The molecule has 0 fully saturated rings. The van der Waals surface area contributed by atoms with Crippen molar-refractivity contribution in [3.8, 4) is 0 Å². The van der Waals surface area contributed by atoms with Gasteiger partial charge in [-0.2, -0.15) is 13.2 Å². The monoisotopic (exact) mass is 563 g/mol. The smallest absolute Gasteiger partial charge is 0.344 e. The molecule has 0 aliphatic heterocycles. The van der Waals surface area contributed by atoms with Crippen LogP contribution in [-0.4, -0.2) is 54.2 Å². The van der Waals surface area contributed by atoms with Crippen molar-refractivity contribution in [1.82, 2.24) is 35.5 Å². The van der Waals surface area contributed by atoms with Crippen molar-refractivity contribution in [3.05, 3.63) is 51.5 Å². The van der Waals surface area contributed by atoms with Gasteiger partial charge in [-0.25, -0.2) is 17.9 Å². The topological polar surface area (TPSA) is 116 Å². The number of aromatic nitrogens is 6. The molecule has 16 heteroatoms. The largest absolute Gasteiger partial charge is 0.389 e. The Morgan fingerprint density at radius 2 is 1.92 bits per heavy atom. The molecule has 1 N–H and O–H groups in total. The molecular formula is C22H23F6N7O2S. The lowest BCUT2D eigenvalue weighted by Crippen LogP contribution is -2.23. The summed E-state index contributed by atoms with van der Waals surface area (Å²) in [4.78, 5) is 28.2. The van der Waals surface area contributed by atoms with Gasteiger partial charge in [-0.3, -0.25) is 14.6 Å². The third-order valence-electron chi connectivity index (χ3n) is 5.16. The van der Waals surface area contributed by atoms with Crippen LogP contribution in [0, 0.1) is 0 Å². The highest BCUT2D eigenvalue weighted by Gasteiger charge is 2.27. The lowest BCUT2D eigenvalue weighted by Gasteiger charge is -2.11.